The molecule has 1 unspecified atom stereocenters. The molecule has 0 bridgehead atoms. The first-order chi connectivity index (χ1) is 15.6. The highest BCUT2D eigenvalue weighted by Crippen LogP contribution is 2.33. The van der Waals surface area contributed by atoms with Crippen molar-refractivity contribution < 1.29 is 14.1 Å². The summed E-state index contributed by atoms with van der Waals surface area (Å²) in [4.78, 5) is 16.3. The van der Waals surface area contributed by atoms with E-state index in [0.717, 1.165) is 11.1 Å². The Balaban J connectivity index is 1.39. The Bertz CT molecular complexity index is 1220. The number of nitrogens with one attached hydrogen (secondary N) is 2. The number of amidine groups is 1. The quantitative estimate of drug-likeness (QED) is 0.636. The number of hydrogen-bond donors (Lipinski definition) is 2. The Hall–Kier alpha value is -4.21. The molecule has 1 atom stereocenters. The van der Waals surface area contributed by atoms with Crippen LogP contribution in [0.15, 0.2) is 63.4 Å². The van der Waals surface area contributed by atoms with E-state index in [-0.39, 0.29) is 18.7 Å². The van der Waals surface area contributed by atoms with E-state index in [1.807, 2.05) is 38.1 Å². The van der Waals surface area contributed by atoms with E-state index >= 15 is 0 Å². The van der Waals surface area contributed by atoms with Gasteiger partial charge < -0.3 is 14.6 Å². The zero-order valence-corrected chi connectivity index (χ0v) is 17.6. The molecule has 2 aromatic heterocycles. The number of fused-ring (bicyclic) bond motifs is 3. The van der Waals surface area contributed by atoms with Crippen LogP contribution >= 0.6 is 0 Å². The molecule has 0 saturated carbocycles. The average molecular weight is 431 g/mol. The first-order valence-corrected chi connectivity index (χ1v) is 10.2. The topological polar surface area (TPSA) is 117 Å². The maximum Gasteiger partial charge on any atom is 0.252 e. The molecule has 0 radical (unpaired) electrons. The number of benzene rings is 1. The first-order valence-electron chi connectivity index (χ1n) is 10.2. The molecule has 4 heterocycles. The Labute approximate surface area is 184 Å². The fourth-order valence-electron chi connectivity index (χ4n) is 3.54. The summed E-state index contributed by atoms with van der Waals surface area (Å²) < 4.78 is 11.3. The number of aromatic nitrogens is 2. The maximum atomic E-state index is 11.9. The summed E-state index contributed by atoms with van der Waals surface area (Å²) in [6, 6.07) is 13.2. The van der Waals surface area contributed by atoms with Crippen LogP contribution in [0.1, 0.15) is 51.7 Å². The molecule has 162 valence electrons. The number of hydrogen-bond acceptors (Lipinski definition) is 9. The second-order valence-electron chi connectivity index (χ2n) is 7.31. The Morgan fingerprint density at radius 2 is 2.16 bits per heavy atom. The summed E-state index contributed by atoms with van der Waals surface area (Å²) in [5, 5.41) is 17.7. The van der Waals surface area contributed by atoms with Gasteiger partial charge in [0, 0.05) is 29.9 Å². The standard InChI is InChI=1S/C22H21N7O3/c1-3-23-21(30)14-8-9-15(24-11-14)12-31-22-17-7-5-4-6-16(17)19-25-26-20(29(19)27-22)18-10-13(2)32-28-18/h4-11,19,25H,3,12H2,1-2H3,(H,23,30). The predicted octanol–water partition coefficient (Wildman–Crippen LogP) is 2.29. The van der Waals surface area contributed by atoms with Crippen molar-refractivity contribution >= 4 is 17.6 Å². The number of carbonyl (C=O) groups is 1. The summed E-state index contributed by atoms with van der Waals surface area (Å²) in [6.45, 7) is 4.46. The monoisotopic (exact) mass is 431 g/mol. The molecule has 2 N–H and O–H groups in total. The van der Waals surface area contributed by atoms with Crippen LogP contribution in [-0.4, -0.2) is 39.3 Å². The number of carbonyl (C=O) groups excluding carboxylic acids is 1. The van der Waals surface area contributed by atoms with Gasteiger partial charge in [0.25, 0.3) is 5.91 Å². The van der Waals surface area contributed by atoms with Crippen LogP contribution in [0.5, 0.6) is 0 Å². The molecule has 0 spiro atoms. The zero-order chi connectivity index (χ0) is 22.1. The first kappa shape index (κ1) is 19.7. The SMILES string of the molecule is CCNC(=O)c1ccc(COC2=NN3C(c4cc(C)on4)=NNC3c3ccccc32)nc1. The van der Waals surface area contributed by atoms with Gasteiger partial charge in [-0.05, 0) is 32.0 Å². The van der Waals surface area contributed by atoms with Gasteiger partial charge in [-0.25, -0.2) is 5.01 Å². The smallest absolute Gasteiger partial charge is 0.252 e. The van der Waals surface area contributed by atoms with E-state index in [4.69, 9.17) is 14.4 Å². The molecule has 2 aliphatic heterocycles. The Morgan fingerprint density at radius 3 is 2.91 bits per heavy atom. The number of rotatable bonds is 5. The van der Waals surface area contributed by atoms with Gasteiger partial charge in [-0.2, -0.15) is 5.10 Å². The highest BCUT2D eigenvalue weighted by molar-refractivity contribution is 6.02. The third-order valence-corrected chi connectivity index (χ3v) is 5.08. The summed E-state index contributed by atoms with van der Waals surface area (Å²) in [5.41, 5.74) is 6.74. The number of ether oxygens (including phenoxy) is 1. The molecule has 3 aromatic rings. The molecule has 0 fully saturated rings. The average Bonchev–Trinajstić information content (AvgIpc) is 3.44. The predicted molar refractivity (Wildman–Crippen MR) is 116 cm³/mol. The van der Waals surface area contributed by atoms with E-state index < -0.39 is 0 Å². The lowest BCUT2D eigenvalue weighted by atomic mass is 10.0. The molecule has 10 heteroatoms. The number of pyridine rings is 1. The van der Waals surface area contributed by atoms with Crippen molar-refractivity contribution in [1.82, 2.24) is 25.9 Å². The fourth-order valence-corrected chi connectivity index (χ4v) is 3.54. The third kappa shape index (κ3) is 3.55. The number of amides is 1. The lowest BCUT2D eigenvalue weighted by Gasteiger charge is -2.29. The summed E-state index contributed by atoms with van der Waals surface area (Å²) in [7, 11) is 0. The van der Waals surface area contributed by atoms with Crippen molar-refractivity contribution in [3.8, 4) is 0 Å². The second-order valence-corrected chi connectivity index (χ2v) is 7.31. The van der Waals surface area contributed by atoms with Gasteiger partial charge >= 0.3 is 0 Å². The number of hydrazone groups is 2. The van der Waals surface area contributed by atoms with E-state index in [1.165, 1.54) is 0 Å². The van der Waals surface area contributed by atoms with E-state index in [1.54, 1.807) is 29.4 Å². The Morgan fingerprint density at radius 1 is 1.28 bits per heavy atom. The van der Waals surface area contributed by atoms with E-state index in [9.17, 15) is 4.79 Å². The highest BCUT2D eigenvalue weighted by atomic mass is 16.5. The van der Waals surface area contributed by atoms with Crippen LogP contribution in [-0.2, 0) is 11.3 Å². The summed E-state index contributed by atoms with van der Waals surface area (Å²) in [5.74, 6) is 1.53. The van der Waals surface area contributed by atoms with Gasteiger partial charge in [0.05, 0.1) is 11.3 Å². The van der Waals surface area contributed by atoms with Crippen LogP contribution in [0.2, 0.25) is 0 Å². The van der Waals surface area contributed by atoms with Crippen molar-refractivity contribution in [3.63, 3.8) is 0 Å². The van der Waals surface area contributed by atoms with E-state index in [2.05, 4.69) is 26.0 Å². The molecule has 1 aromatic carbocycles. The number of aryl methyl sites for hydroxylation is 1. The Kier molecular flexibility index (Phi) is 5.02. The lowest BCUT2D eigenvalue weighted by Crippen LogP contribution is -2.36. The van der Waals surface area contributed by atoms with Crippen molar-refractivity contribution in [3.05, 3.63) is 82.5 Å². The van der Waals surface area contributed by atoms with Gasteiger partial charge in [-0.1, -0.05) is 23.4 Å². The molecule has 0 saturated heterocycles. The third-order valence-electron chi connectivity index (χ3n) is 5.08. The van der Waals surface area contributed by atoms with Crippen molar-refractivity contribution in [1.29, 1.82) is 0 Å². The molecule has 32 heavy (non-hydrogen) atoms. The van der Waals surface area contributed by atoms with Gasteiger partial charge in [0.2, 0.25) is 11.7 Å². The largest absolute Gasteiger partial charge is 0.470 e. The van der Waals surface area contributed by atoms with Gasteiger partial charge in [0.15, 0.2) is 11.9 Å². The summed E-state index contributed by atoms with van der Waals surface area (Å²) in [6.07, 6.45) is 1.28. The minimum atomic E-state index is -0.264. The lowest BCUT2D eigenvalue weighted by molar-refractivity contribution is 0.0955. The normalized spacial score (nSPS) is 16.4. The minimum Gasteiger partial charge on any atom is -0.470 e. The molecular weight excluding hydrogens is 410 g/mol. The maximum absolute atomic E-state index is 11.9. The van der Waals surface area contributed by atoms with Crippen molar-refractivity contribution in [2.45, 2.75) is 26.6 Å². The minimum absolute atomic E-state index is 0.152. The molecular formula is C22H21N7O3. The second kappa shape index (κ2) is 8.14. The molecule has 5 rings (SSSR count). The molecule has 10 nitrogen and oxygen atoms in total. The zero-order valence-electron chi connectivity index (χ0n) is 17.6. The van der Waals surface area contributed by atoms with Crippen molar-refractivity contribution in [2.24, 2.45) is 10.2 Å². The van der Waals surface area contributed by atoms with Crippen LogP contribution in [0.3, 0.4) is 0 Å². The van der Waals surface area contributed by atoms with Gasteiger partial charge in [0.1, 0.15) is 12.4 Å². The van der Waals surface area contributed by atoms with Crippen LogP contribution in [0, 0.1) is 6.92 Å². The molecule has 0 aliphatic carbocycles. The van der Waals surface area contributed by atoms with E-state index in [0.29, 0.717) is 41.0 Å². The number of nitrogens with zero attached hydrogens (tertiary/aromatic N) is 5. The van der Waals surface area contributed by atoms with Crippen molar-refractivity contribution in [2.75, 3.05) is 6.54 Å². The van der Waals surface area contributed by atoms with Crippen LogP contribution in [0.25, 0.3) is 0 Å². The molecule has 2 aliphatic rings. The fraction of sp³-hybridized carbons (Fsp3) is 0.227. The molecule has 1 amide bonds. The highest BCUT2D eigenvalue weighted by Gasteiger charge is 2.38. The van der Waals surface area contributed by atoms with Gasteiger partial charge in [-0.15, -0.1) is 5.10 Å². The van der Waals surface area contributed by atoms with Gasteiger partial charge in [-0.3, -0.25) is 15.2 Å². The van der Waals surface area contributed by atoms with Crippen LogP contribution in [0.4, 0.5) is 0 Å². The summed E-state index contributed by atoms with van der Waals surface area (Å²) >= 11 is 0. The van der Waals surface area contributed by atoms with Crippen LogP contribution < -0.4 is 10.7 Å².